The van der Waals surface area contributed by atoms with Crippen LogP contribution in [-0.4, -0.2) is 64.0 Å². The summed E-state index contributed by atoms with van der Waals surface area (Å²) in [5.74, 6) is 0. The van der Waals surface area contributed by atoms with Gasteiger partial charge in [-0.3, -0.25) is 9.83 Å². The Bertz CT molecular complexity index is 290. The van der Waals surface area contributed by atoms with Crippen LogP contribution in [0.1, 0.15) is 0 Å². The van der Waals surface area contributed by atoms with Crippen LogP contribution in [0.4, 0.5) is 0 Å². The Morgan fingerprint density at radius 2 is 2.25 bits per heavy atom. The summed E-state index contributed by atoms with van der Waals surface area (Å²) in [4.78, 5) is 8.82. The summed E-state index contributed by atoms with van der Waals surface area (Å²) in [7, 11) is 1.45. The third-order valence-corrected chi connectivity index (χ3v) is 3.57. The van der Waals surface area contributed by atoms with Crippen LogP contribution in [0.2, 0.25) is 0 Å². The van der Waals surface area contributed by atoms with Gasteiger partial charge >= 0.3 is 0 Å². The summed E-state index contributed by atoms with van der Waals surface area (Å²) < 4.78 is 5.41. The van der Waals surface area contributed by atoms with Gasteiger partial charge in [0.2, 0.25) is 0 Å². The topological polar surface area (TPSA) is 104 Å². The smallest absolute Gasteiger partial charge is 0.183 e. The minimum absolute atomic E-state index is 0.338. The second-order valence-corrected chi connectivity index (χ2v) is 4.64. The zero-order valence-corrected chi connectivity index (χ0v) is 9.42. The van der Waals surface area contributed by atoms with Gasteiger partial charge in [0.25, 0.3) is 0 Å². The van der Waals surface area contributed by atoms with Crippen molar-refractivity contribution in [2.75, 3.05) is 13.7 Å². The lowest BCUT2D eigenvalue weighted by molar-refractivity contribution is -0.164. The molecular formula is C8H14N2O5S. The van der Waals surface area contributed by atoms with Crippen molar-refractivity contribution in [1.82, 2.24) is 5.48 Å². The van der Waals surface area contributed by atoms with Crippen LogP contribution in [0, 0.1) is 0 Å². The SMILES string of the molecule is CONC1=NC2[C@@H](O)[C@H](O)[C@@H](CO)O[C@H]2S1. The maximum Gasteiger partial charge on any atom is 0.183 e. The molecule has 0 amide bonds. The van der Waals surface area contributed by atoms with E-state index in [2.05, 4.69) is 10.5 Å². The average molecular weight is 250 g/mol. The number of hydrogen-bond donors (Lipinski definition) is 4. The molecule has 0 aromatic carbocycles. The zero-order valence-electron chi connectivity index (χ0n) is 8.61. The number of thioether (sulfide) groups is 1. The molecule has 16 heavy (non-hydrogen) atoms. The molecule has 2 aliphatic rings. The largest absolute Gasteiger partial charge is 0.394 e. The van der Waals surface area contributed by atoms with Gasteiger partial charge in [0.15, 0.2) is 5.17 Å². The van der Waals surface area contributed by atoms with Gasteiger partial charge in [0, 0.05) is 0 Å². The quantitative estimate of drug-likeness (QED) is 0.422. The molecular weight excluding hydrogens is 236 g/mol. The Kier molecular flexibility index (Phi) is 3.67. The van der Waals surface area contributed by atoms with E-state index in [1.54, 1.807) is 0 Å². The first-order chi connectivity index (χ1) is 7.67. The van der Waals surface area contributed by atoms with Gasteiger partial charge in [-0.2, -0.15) is 0 Å². The van der Waals surface area contributed by atoms with Crippen molar-refractivity contribution in [2.24, 2.45) is 4.99 Å². The number of amidine groups is 1. The predicted molar refractivity (Wildman–Crippen MR) is 56.7 cm³/mol. The van der Waals surface area contributed by atoms with Crippen molar-refractivity contribution in [3.63, 3.8) is 0 Å². The Hall–Kier alpha value is -0.380. The molecule has 5 atom stereocenters. The number of nitrogens with zero attached hydrogens (tertiary/aromatic N) is 1. The molecule has 7 nitrogen and oxygen atoms in total. The highest BCUT2D eigenvalue weighted by molar-refractivity contribution is 8.14. The van der Waals surface area contributed by atoms with E-state index in [1.165, 1.54) is 18.9 Å². The van der Waals surface area contributed by atoms with Crippen molar-refractivity contribution in [3.05, 3.63) is 0 Å². The van der Waals surface area contributed by atoms with Crippen LogP contribution < -0.4 is 5.48 Å². The van der Waals surface area contributed by atoms with Crippen LogP contribution in [0.15, 0.2) is 4.99 Å². The summed E-state index contributed by atoms with van der Waals surface area (Å²) in [5.41, 5.74) is 2.14. The third-order valence-electron chi connectivity index (χ3n) is 2.53. The predicted octanol–water partition coefficient (Wildman–Crippen LogP) is -1.95. The minimum Gasteiger partial charge on any atom is -0.394 e. The number of aliphatic hydroxyl groups is 3. The van der Waals surface area contributed by atoms with Gasteiger partial charge in [-0.25, -0.2) is 5.48 Å². The molecule has 0 radical (unpaired) electrons. The number of nitrogens with one attached hydrogen (secondary N) is 1. The maximum atomic E-state index is 9.81. The van der Waals surface area contributed by atoms with Crippen LogP contribution in [0.25, 0.3) is 0 Å². The molecule has 1 fully saturated rings. The monoisotopic (exact) mass is 250 g/mol. The Balaban J connectivity index is 2.08. The first kappa shape index (κ1) is 12.1. The van der Waals surface area contributed by atoms with E-state index in [9.17, 15) is 10.2 Å². The molecule has 0 aliphatic carbocycles. The summed E-state index contributed by atoms with van der Waals surface area (Å²) in [6.07, 6.45) is -2.95. The van der Waals surface area contributed by atoms with E-state index in [1.807, 2.05) is 0 Å². The van der Waals surface area contributed by atoms with Crippen molar-refractivity contribution < 1.29 is 24.9 Å². The van der Waals surface area contributed by atoms with Crippen LogP contribution in [0.5, 0.6) is 0 Å². The number of aliphatic imine (C=N–C) groups is 1. The fourth-order valence-corrected chi connectivity index (χ4v) is 2.81. The van der Waals surface area contributed by atoms with E-state index in [-0.39, 0.29) is 6.61 Å². The molecule has 4 N–H and O–H groups in total. The minimum atomic E-state index is -1.13. The Labute approximate surface area is 96.4 Å². The van der Waals surface area contributed by atoms with Gasteiger partial charge in [-0.05, 0) is 0 Å². The number of hydroxylamine groups is 1. The molecule has 2 heterocycles. The zero-order chi connectivity index (χ0) is 11.7. The van der Waals surface area contributed by atoms with E-state index < -0.39 is 29.8 Å². The fourth-order valence-electron chi connectivity index (χ4n) is 1.72. The van der Waals surface area contributed by atoms with Crippen molar-refractivity contribution >= 4 is 16.9 Å². The van der Waals surface area contributed by atoms with E-state index in [0.29, 0.717) is 5.17 Å². The van der Waals surface area contributed by atoms with E-state index in [0.717, 1.165) is 0 Å². The van der Waals surface area contributed by atoms with Gasteiger partial charge < -0.3 is 20.1 Å². The van der Waals surface area contributed by atoms with E-state index in [4.69, 9.17) is 14.7 Å². The molecule has 0 saturated carbocycles. The first-order valence-electron chi connectivity index (χ1n) is 4.83. The molecule has 0 spiro atoms. The Morgan fingerprint density at radius 3 is 2.88 bits per heavy atom. The van der Waals surface area contributed by atoms with Crippen molar-refractivity contribution in [2.45, 2.75) is 29.8 Å². The molecule has 0 aromatic rings. The normalized spacial score (nSPS) is 42.8. The van der Waals surface area contributed by atoms with Crippen molar-refractivity contribution in [3.8, 4) is 0 Å². The second-order valence-electron chi connectivity index (χ2n) is 3.56. The molecule has 0 bridgehead atoms. The highest BCUT2D eigenvalue weighted by Gasteiger charge is 2.48. The van der Waals surface area contributed by atoms with Gasteiger partial charge in [-0.15, -0.1) is 0 Å². The third kappa shape index (κ3) is 2.04. The number of rotatable bonds is 2. The van der Waals surface area contributed by atoms with Crippen LogP contribution in [-0.2, 0) is 9.57 Å². The van der Waals surface area contributed by atoms with Crippen molar-refractivity contribution in [1.29, 1.82) is 0 Å². The first-order valence-corrected chi connectivity index (χ1v) is 5.71. The lowest BCUT2D eigenvalue weighted by atomic mass is 9.99. The highest BCUT2D eigenvalue weighted by Crippen LogP contribution is 2.35. The molecule has 1 saturated heterocycles. The molecule has 8 heteroatoms. The highest BCUT2D eigenvalue weighted by atomic mass is 32.2. The average Bonchev–Trinajstić information content (AvgIpc) is 2.67. The van der Waals surface area contributed by atoms with Crippen LogP contribution in [0.3, 0.4) is 0 Å². The summed E-state index contributed by atoms with van der Waals surface area (Å²) in [6.45, 7) is -0.338. The summed E-state index contributed by atoms with van der Waals surface area (Å²) in [5, 5.41) is 28.9. The van der Waals surface area contributed by atoms with Gasteiger partial charge in [0.05, 0.1) is 13.7 Å². The molecule has 92 valence electrons. The molecule has 1 unspecified atom stereocenters. The summed E-state index contributed by atoms with van der Waals surface area (Å²) in [6, 6.07) is -0.541. The lowest BCUT2D eigenvalue weighted by Crippen LogP contribution is -2.55. The lowest BCUT2D eigenvalue weighted by Gasteiger charge is -2.37. The van der Waals surface area contributed by atoms with Gasteiger partial charge in [-0.1, -0.05) is 11.8 Å². The second kappa shape index (κ2) is 4.86. The molecule has 0 aromatic heterocycles. The maximum absolute atomic E-state index is 9.81. The molecule has 2 aliphatic heterocycles. The number of fused-ring (bicyclic) bond motifs is 1. The van der Waals surface area contributed by atoms with Crippen LogP contribution >= 0.6 is 11.8 Å². The number of aliphatic hydroxyl groups excluding tert-OH is 3. The fraction of sp³-hybridized carbons (Fsp3) is 0.875. The molecule has 2 rings (SSSR count). The number of hydrogen-bond acceptors (Lipinski definition) is 8. The van der Waals surface area contributed by atoms with Gasteiger partial charge in [0.1, 0.15) is 29.8 Å². The number of ether oxygens (including phenoxy) is 1. The Morgan fingerprint density at radius 1 is 1.50 bits per heavy atom. The standard InChI is InChI=1S/C8H14N2O5S/c1-14-10-8-9-4-6(13)5(12)3(2-11)15-7(4)16-8/h3-7,11-13H,2H2,1H3,(H,9,10)/t3-,4?,5-,6-,7+/m1/s1. The summed E-state index contributed by atoms with van der Waals surface area (Å²) >= 11 is 1.25. The van der Waals surface area contributed by atoms with E-state index >= 15 is 0 Å².